The first-order chi connectivity index (χ1) is 8.00. The quantitative estimate of drug-likeness (QED) is 0.737. The average Bonchev–Trinajstić information content (AvgIpc) is 2.53. The van der Waals surface area contributed by atoms with E-state index in [2.05, 4.69) is 15.9 Å². The van der Waals surface area contributed by atoms with E-state index in [9.17, 15) is 4.79 Å². The van der Waals surface area contributed by atoms with Gasteiger partial charge < -0.3 is 0 Å². The largest absolute Gasteiger partial charge is 0.289 e. The van der Waals surface area contributed by atoms with Gasteiger partial charge in [0.1, 0.15) is 0 Å². The maximum Gasteiger partial charge on any atom is 0.195 e. The Bertz CT molecular complexity index is 567. The average molecular weight is 309 g/mol. The number of carbonyl (C=O) groups excluding carboxylic acids is 1. The molecule has 0 saturated carbocycles. The number of thiophene rings is 1. The van der Waals surface area contributed by atoms with Crippen molar-refractivity contribution in [3.63, 3.8) is 0 Å². The molecule has 1 aromatic carbocycles. The van der Waals surface area contributed by atoms with E-state index in [-0.39, 0.29) is 5.78 Å². The number of aryl methyl sites for hydroxylation is 2. The molecule has 2 rings (SSSR count). The molecular weight excluding hydrogens is 296 g/mol. The van der Waals surface area contributed by atoms with Crippen LogP contribution in [-0.2, 0) is 0 Å². The van der Waals surface area contributed by atoms with Crippen molar-refractivity contribution in [2.24, 2.45) is 0 Å². The van der Waals surface area contributed by atoms with Crippen molar-refractivity contribution >= 4 is 33.0 Å². The molecule has 0 aliphatic carbocycles. The fourth-order valence-corrected chi connectivity index (χ4v) is 3.77. The van der Waals surface area contributed by atoms with Gasteiger partial charge in [-0.05, 0) is 42.3 Å². The highest BCUT2D eigenvalue weighted by Crippen LogP contribution is 2.33. The SMILES string of the molecule is Cc1ccc(C(=O)c2c(Br)sc(C)c2C)cc1. The van der Waals surface area contributed by atoms with Gasteiger partial charge in [-0.25, -0.2) is 0 Å². The zero-order valence-electron chi connectivity index (χ0n) is 10.0. The summed E-state index contributed by atoms with van der Waals surface area (Å²) in [7, 11) is 0. The van der Waals surface area contributed by atoms with E-state index in [1.807, 2.05) is 45.0 Å². The first-order valence-electron chi connectivity index (χ1n) is 5.37. The number of benzene rings is 1. The summed E-state index contributed by atoms with van der Waals surface area (Å²) >= 11 is 5.10. The predicted octanol–water partition coefficient (Wildman–Crippen LogP) is 4.67. The van der Waals surface area contributed by atoms with Crippen molar-refractivity contribution in [2.45, 2.75) is 20.8 Å². The number of carbonyl (C=O) groups is 1. The van der Waals surface area contributed by atoms with Crippen molar-refractivity contribution < 1.29 is 4.79 Å². The highest BCUT2D eigenvalue weighted by molar-refractivity contribution is 9.11. The molecule has 0 amide bonds. The second kappa shape index (κ2) is 4.75. The van der Waals surface area contributed by atoms with Crippen molar-refractivity contribution in [1.82, 2.24) is 0 Å². The van der Waals surface area contributed by atoms with Crippen LogP contribution in [0.5, 0.6) is 0 Å². The molecule has 1 aromatic heterocycles. The summed E-state index contributed by atoms with van der Waals surface area (Å²) in [5, 5.41) is 0. The monoisotopic (exact) mass is 308 g/mol. The third-order valence-electron chi connectivity index (χ3n) is 2.88. The zero-order chi connectivity index (χ0) is 12.6. The van der Waals surface area contributed by atoms with Gasteiger partial charge in [0.25, 0.3) is 0 Å². The number of ketones is 1. The van der Waals surface area contributed by atoms with Crippen molar-refractivity contribution in [1.29, 1.82) is 0 Å². The first-order valence-corrected chi connectivity index (χ1v) is 6.98. The Morgan fingerprint density at radius 1 is 1.12 bits per heavy atom. The van der Waals surface area contributed by atoms with Gasteiger partial charge in [-0.15, -0.1) is 11.3 Å². The number of hydrogen-bond donors (Lipinski definition) is 0. The Kier molecular flexibility index (Phi) is 3.50. The topological polar surface area (TPSA) is 17.1 Å². The summed E-state index contributed by atoms with van der Waals surface area (Å²) in [6.45, 7) is 6.05. The van der Waals surface area contributed by atoms with Gasteiger partial charge in [-0.1, -0.05) is 29.8 Å². The van der Waals surface area contributed by atoms with Crippen molar-refractivity contribution in [2.75, 3.05) is 0 Å². The molecule has 0 aliphatic rings. The molecule has 0 bridgehead atoms. The minimum atomic E-state index is 0.0960. The fraction of sp³-hybridized carbons (Fsp3) is 0.214. The summed E-state index contributed by atoms with van der Waals surface area (Å²) in [5.74, 6) is 0.0960. The Morgan fingerprint density at radius 2 is 1.71 bits per heavy atom. The summed E-state index contributed by atoms with van der Waals surface area (Å²) < 4.78 is 0.929. The molecule has 0 spiro atoms. The second-order valence-electron chi connectivity index (χ2n) is 4.13. The molecule has 17 heavy (non-hydrogen) atoms. The second-order valence-corrected chi connectivity index (χ2v) is 6.67. The lowest BCUT2D eigenvalue weighted by Gasteiger charge is -2.02. The lowest BCUT2D eigenvalue weighted by Crippen LogP contribution is -2.02. The van der Waals surface area contributed by atoms with Crippen LogP contribution in [0.4, 0.5) is 0 Å². The molecule has 2 aromatic rings. The molecule has 0 N–H and O–H groups in total. The fourth-order valence-electron chi connectivity index (χ4n) is 1.69. The van der Waals surface area contributed by atoms with Gasteiger partial charge in [0, 0.05) is 10.4 Å². The van der Waals surface area contributed by atoms with Crippen LogP contribution in [0.2, 0.25) is 0 Å². The van der Waals surface area contributed by atoms with Crippen LogP contribution in [0.25, 0.3) is 0 Å². The number of rotatable bonds is 2. The van der Waals surface area contributed by atoms with E-state index in [0.717, 1.165) is 20.5 Å². The highest BCUT2D eigenvalue weighted by Gasteiger charge is 2.18. The van der Waals surface area contributed by atoms with E-state index in [1.165, 1.54) is 10.4 Å². The van der Waals surface area contributed by atoms with Crippen LogP contribution in [0.15, 0.2) is 28.1 Å². The lowest BCUT2D eigenvalue weighted by molar-refractivity contribution is 0.103. The number of halogens is 1. The molecule has 0 aliphatic heterocycles. The predicted molar refractivity (Wildman–Crippen MR) is 76.1 cm³/mol. The molecule has 1 heterocycles. The molecule has 0 saturated heterocycles. The van der Waals surface area contributed by atoms with E-state index >= 15 is 0 Å². The lowest BCUT2D eigenvalue weighted by atomic mass is 10.0. The molecule has 0 fully saturated rings. The third-order valence-corrected chi connectivity index (χ3v) is 4.76. The molecular formula is C14H13BrOS. The van der Waals surface area contributed by atoms with Crippen LogP contribution in [0.1, 0.15) is 31.9 Å². The summed E-state index contributed by atoms with van der Waals surface area (Å²) in [5.41, 5.74) is 3.79. The van der Waals surface area contributed by atoms with Gasteiger partial charge in [-0.2, -0.15) is 0 Å². The van der Waals surface area contributed by atoms with Crippen molar-refractivity contribution in [3.8, 4) is 0 Å². The van der Waals surface area contributed by atoms with Crippen LogP contribution in [0.3, 0.4) is 0 Å². The zero-order valence-corrected chi connectivity index (χ0v) is 12.4. The minimum Gasteiger partial charge on any atom is -0.289 e. The molecule has 0 unspecified atom stereocenters. The maximum atomic E-state index is 12.4. The van der Waals surface area contributed by atoms with Crippen molar-refractivity contribution in [3.05, 3.63) is 55.2 Å². The van der Waals surface area contributed by atoms with Crippen LogP contribution >= 0.6 is 27.3 Å². The third kappa shape index (κ3) is 2.35. The molecule has 88 valence electrons. The summed E-state index contributed by atoms with van der Waals surface area (Å²) in [6.07, 6.45) is 0. The van der Waals surface area contributed by atoms with Gasteiger partial charge in [0.2, 0.25) is 0 Å². The van der Waals surface area contributed by atoms with Crippen LogP contribution < -0.4 is 0 Å². The molecule has 0 atom stereocenters. The Morgan fingerprint density at radius 3 is 2.18 bits per heavy atom. The molecule has 3 heteroatoms. The van der Waals surface area contributed by atoms with Gasteiger partial charge in [0.15, 0.2) is 5.78 Å². The summed E-state index contributed by atoms with van der Waals surface area (Å²) in [4.78, 5) is 13.6. The Labute approximate surface area is 114 Å². The molecule has 1 nitrogen and oxygen atoms in total. The number of hydrogen-bond acceptors (Lipinski definition) is 2. The van der Waals surface area contributed by atoms with E-state index in [0.29, 0.717) is 0 Å². The Balaban J connectivity index is 2.47. The summed E-state index contributed by atoms with van der Waals surface area (Å²) in [6, 6.07) is 7.71. The maximum absolute atomic E-state index is 12.4. The minimum absolute atomic E-state index is 0.0960. The first kappa shape index (κ1) is 12.5. The standard InChI is InChI=1S/C14H13BrOS/c1-8-4-6-11(7-5-8)13(16)12-9(2)10(3)17-14(12)15/h4-7H,1-3H3. The Hall–Kier alpha value is -0.930. The van der Waals surface area contributed by atoms with Crippen LogP contribution in [0, 0.1) is 20.8 Å². The smallest absolute Gasteiger partial charge is 0.195 e. The van der Waals surface area contributed by atoms with Gasteiger partial charge >= 0.3 is 0 Å². The van der Waals surface area contributed by atoms with E-state index in [4.69, 9.17) is 0 Å². The van der Waals surface area contributed by atoms with Gasteiger partial charge in [0.05, 0.1) is 9.35 Å². The molecule has 0 radical (unpaired) electrons. The normalized spacial score (nSPS) is 10.6. The van der Waals surface area contributed by atoms with Gasteiger partial charge in [-0.3, -0.25) is 4.79 Å². The van der Waals surface area contributed by atoms with E-state index in [1.54, 1.807) is 11.3 Å². The van der Waals surface area contributed by atoms with E-state index < -0.39 is 0 Å². The highest BCUT2D eigenvalue weighted by atomic mass is 79.9. The van der Waals surface area contributed by atoms with Crippen LogP contribution in [-0.4, -0.2) is 5.78 Å².